The van der Waals surface area contributed by atoms with Crippen molar-refractivity contribution < 1.29 is 4.79 Å². The Morgan fingerprint density at radius 1 is 1.36 bits per heavy atom. The van der Waals surface area contributed by atoms with E-state index < -0.39 is 0 Å². The maximum absolute atomic E-state index is 11.0. The van der Waals surface area contributed by atoms with Crippen LogP contribution < -0.4 is 5.73 Å². The van der Waals surface area contributed by atoms with Gasteiger partial charge in [0.2, 0.25) is 5.78 Å². The van der Waals surface area contributed by atoms with Crippen molar-refractivity contribution in [3.63, 3.8) is 0 Å². The molecule has 0 saturated heterocycles. The molecule has 0 atom stereocenters. The van der Waals surface area contributed by atoms with Gasteiger partial charge in [0.05, 0.1) is 0 Å². The summed E-state index contributed by atoms with van der Waals surface area (Å²) in [5.41, 5.74) is 5.68. The maximum Gasteiger partial charge on any atom is 0.208 e. The minimum Gasteiger partial charge on any atom is -0.328 e. The molecule has 0 amide bonds. The number of terminal acetylenes is 1. The highest BCUT2D eigenvalue weighted by atomic mass is 16.1. The lowest BCUT2D eigenvalue weighted by molar-refractivity contribution is -0.118. The molecule has 0 spiro atoms. The van der Waals surface area contributed by atoms with Crippen LogP contribution >= 0.6 is 0 Å². The lowest BCUT2D eigenvalue weighted by Crippen LogP contribution is -2.29. The number of carbonyl (C=O) groups excluding carboxylic acids is 1. The summed E-state index contributed by atoms with van der Waals surface area (Å²) in [7, 11) is 0. The number of rotatable bonds is 1. The standard InChI is InChI=1S/C9H13NO/c1-2-9(11)7-3-5-8(10)6-4-7/h1,7-8H,3-6,10H2. The van der Waals surface area contributed by atoms with Crippen LogP contribution in [0, 0.1) is 18.3 Å². The first kappa shape index (κ1) is 8.29. The Morgan fingerprint density at radius 2 is 1.91 bits per heavy atom. The fourth-order valence-corrected chi connectivity index (χ4v) is 1.50. The summed E-state index contributed by atoms with van der Waals surface area (Å²) in [6.07, 6.45) is 8.65. The van der Waals surface area contributed by atoms with Crippen LogP contribution in [0.1, 0.15) is 25.7 Å². The lowest BCUT2D eigenvalue weighted by Gasteiger charge is -2.23. The molecule has 0 aromatic heterocycles. The van der Waals surface area contributed by atoms with Crippen LogP contribution in [-0.2, 0) is 4.79 Å². The van der Waals surface area contributed by atoms with Gasteiger partial charge in [-0.1, -0.05) is 0 Å². The monoisotopic (exact) mass is 151 g/mol. The van der Waals surface area contributed by atoms with Crippen LogP contribution in [0.2, 0.25) is 0 Å². The summed E-state index contributed by atoms with van der Waals surface area (Å²) in [5.74, 6) is 2.22. The topological polar surface area (TPSA) is 43.1 Å². The SMILES string of the molecule is C#CC(=O)C1CCC(N)CC1. The molecule has 60 valence electrons. The van der Waals surface area contributed by atoms with Crippen molar-refractivity contribution in [2.24, 2.45) is 11.7 Å². The van der Waals surface area contributed by atoms with Crippen LogP contribution in [0.3, 0.4) is 0 Å². The lowest BCUT2D eigenvalue weighted by atomic mass is 9.84. The van der Waals surface area contributed by atoms with Crippen molar-refractivity contribution in [2.45, 2.75) is 31.7 Å². The average Bonchev–Trinajstić information content (AvgIpc) is 2.05. The Bertz CT molecular complexity index is 184. The van der Waals surface area contributed by atoms with Gasteiger partial charge in [0.25, 0.3) is 0 Å². The summed E-state index contributed by atoms with van der Waals surface area (Å²) in [5, 5.41) is 0. The van der Waals surface area contributed by atoms with Gasteiger partial charge in [-0.15, -0.1) is 6.42 Å². The molecule has 0 heterocycles. The summed E-state index contributed by atoms with van der Waals surface area (Å²) in [6.45, 7) is 0. The van der Waals surface area contributed by atoms with E-state index in [1.807, 2.05) is 0 Å². The number of Topliss-reactive ketones (excluding diaryl/α,β-unsaturated/α-hetero) is 1. The van der Waals surface area contributed by atoms with E-state index in [1.54, 1.807) is 0 Å². The van der Waals surface area contributed by atoms with Crippen molar-refractivity contribution in [2.75, 3.05) is 0 Å². The average molecular weight is 151 g/mol. The van der Waals surface area contributed by atoms with Crippen molar-refractivity contribution >= 4 is 5.78 Å². The van der Waals surface area contributed by atoms with Crippen LogP contribution in [-0.4, -0.2) is 11.8 Å². The molecule has 11 heavy (non-hydrogen) atoms. The van der Waals surface area contributed by atoms with Crippen LogP contribution in [0.5, 0.6) is 0 Å². The van der Waals surface area contributed by atoms with Gasteiger partial charge < -0.3 is 5.73 Å². The summed E-state index contributed by atoms with van der Waals surface area (Å²) in [4.78, 5) is 11.0. The molecule has 1 saturated carbocycles. The van der Waals surface area contributed by atoms with Crippen LogP contribution in [0.4, 0.5) is 0 Å². The van der Waals surface area contributed by atoms with Gasteiger partial charge in [-0.25, -0.2) is 0 Å². The number of hydrogen-bond donors (Lipinski definition) is 1. The Kier molecular flexibility index (Phi) is 2.67. The van der Waals surface area contributed by atoms with Gasteiger partial charge in [-0.2, -0.15) is 0 Å². The summed E-state index contributed by atoms with van der Waals surface area (Å²) >= 11 is 0. The molecule has 1 fully saturated rings. The van der Waals surface area contributed by atoms with Gasteiger partial charge in [0.1, 0.15) is 0 Å². The molecule has 0 aromatic carbocycles. The van der Waals surface area contributed by atoms with Gasteiger partial charge in [-0.3, -0.25) is 4.79 Å². The Hall–Kier alpha value is -0.810. The van der Waals surface area contributed by atoms with Crippen molar-refractivity contribution in [3.05, 3.63) is 0 Å². The Morgan fingerprint density at radius 3 is 2.36 bits per heavy atom. The van der Waals surface area contributed by atoms with E-state index >= 15 is 0 Å². The van der Waals surface area contributed by atoms with E-state index in [2.05, 4.69) is 5.92 Å². The van der Waals surface area contributed by atoms with Crippen LogP contribution in [0.25, 0.3) is 0 Å². The molecule has 2 heteroatoms. The fraction of sp³-hybridized carbons (Fsp3) is 0.667. The highest BCUT2D eigenvalue weighted by Gasteiger charge is 2.22. The first-order valence-corrected chi connectivity index (χ1v) is 4.00. The van der Waals surface area contributed by atoms with E-state index in [0.29, 0.717) is 0 Å². The normalized spacial score (nSPS) is 30.9. The molecular weight excluding hydrogens is 138 g/mol. The van der Waals surface area contributed by atoms with Gasteiger partial charge in [-0.05, 0) is 31.6 Å². The van der Waals surface area contributed by atoms with E-state index in [-0.39, 0.29) is 17.7 Å². The molecule has 0 bridgehead atoms. The second-order valence-electron chi connectivity index (χ2n) is 3.12. The number of hydrogen-bond acceptors (Lipinski definition) is 2. The molecular formula is C9H13NO. The molecule has 2 nitrogen and oxygen atoms in total. The fourth-order valence-electron chi connectivity index (χ4n) is 1.50. The zero-order valence-electron chi connectivity index (χ0n) is 6.55. The molecule has 1 rings (SSSR count). The molecule has 0 aliphatic heterocycles. The maximum atomic E-state index is 11.0. The quantitative estimate of drug-likeness (QED) is 0.443. The van der Waals surface area contributed by atoms with Crippen molar-refractivity contribution in [1.82, 2.24) is 0 Å². The zero-order chi connectivity index (χ0) is 8.27. The van der Waals surface area contributed by atoms with E-state index in [4.69, 9.17) is 12.2 Å². The minimum atomic E-state index is -0.0445. The number of nitrogens with two attached hydrogens (primary N) is 1. The van der Waals surface area contributed by atoms with Gasteiger partial charge >= 0.3 is 0 Å². The molecule has 0 radical (unpaired) electrons. The predicted octanol–water partition coefficient (Wildman–Crippen LogP) is 0.706. The molecule has 0 aromatic rings. The Labute approximate surface area is 67.2 Å². The second-order valence-corrected chi connectivity index (χ2v) is 3.12. The predicted molar refractivity (Wildman–Crippen MR) is 43.8 cm³/mol. The highest BCUT2D eigenvalue weighted by Crippen LogP contribution is 2.23. The largest absolute Gasteiger partial charge is 0.328 e. The summed E-state index contributed by atoms with van der Waals surface area (Å²) < 4.78 is 0. The molecule has 1 aliphatic rings. The number of ketones is 1. The molecule has 2 N–H and O–H groups in total. The zero-order valence-corrected chi connectivity index (χ0v) is 6.55. The van der Waals surface area contributed by atoms with Crippen LogP contribution in [0.15, 0.2) is 0 Å². The van der Waals surface area contributed by atoms with Gasteiger partial charge in [0.15, 0.2) is 0 Å². The summed E-state index contributed by atoms with van der Waals surface area (Å²) in [6, 6.07) is 0.289. The third-order valence-corrected chi connectivity index (χ3v) is 2.28. The minimum absolute atomic E-state index is 0.0445. The van der Waals surface area contributed by atoms with Gasteiger partial charge in [0, 0.05) is 12.0 Å². The third-order valence-electron chi connectivity index (χ3n) is 2.28. The second kappa shape index (κ2) is 3.54. The highest BCUT2D eigenvalue weighted by molar-refractivity contribution is 5.96. The number of carbonyl (C=O) groups is 1. The van der Waals surface area contributed by atoms with E-state index in [0.717, 1.165) is 25.7 Å². The van der Waals surface area contributed by atoms with Crippen molar-refractivity contribution in [3.8, 4) is 12.3 Å². The smallest absolute Gasteiger partial charge is 0.208 e. The Balaban J connectivity index is 2.40. The van der Waals surface area contributed by atoms with E-state index in [1.165, 1.54) is 0 Å². The molecule has 0 unspecified atom stereocenters. The first-order valence-electron chi connectivity index (χ1n) is 4.00. The first-order chi connectivity index (χ1) is 5.24. The molecule has 1 aliphatic carbocycles. The van der Waals surface area contributed by atoms with Crippen molar-refractivity contribution in [1.29, 1.82) is 0 Å². The van der Waals surface area contributed by atoms with E-state index in [9.17, 15) is 4.79 Å². The third kappa shape index (κ3) is 2.06.